The fourth-order valence-electron chi connectivity index (χ4n) is 1.66. The zero-order chi connectivity index (χ0) is 14.7. The molecule has 0 saturated carbocycles. The summed E-state index contributed by atoms with van der Waals surface area (Å²) >= 11 is 0. The van der Waals surface area contributed by atoms with Crippen molar-refractivity contribution >= 4 is 5.82 Å². The SMILES string of the molecule is CCNc1nc(C(C)C)nc(Oc2ncn(C)n2)c1C. The van der Waals surface area contributed by atoms with E-state index < -0.39 is 0 Å². The molecule has 0 bridgehead atoms. The number of hydrogen-bond donors (Lipinski definition) is 1. The number of aryl methyl sites for hydroxylation is 1. The van der Waals surface area contributed by atoms with Crippen LogP contribution in [-0.2, 0) is 7.05 Å². The summed E-state index contributed by atoms with van der Waals surface area (Å²) in [5.74, 6) is 2.23. The lowest BCUT2D eigenvalue weighted by atomic mass is 10.2. The van der Waals surface area contributed by atoms with Crippen LogP contribution in [0.3, 0.4) is 0 Å². The van der Waals surface area contributed by atoms with Gasteiger partial charge >= 0.3 is 6.01 Å². The lowest BCUT2D eigenvalue weighted by Gasteiger charge is -2.13. The molecule has 0 fully saturated rings. The second-order valence-electron chi connectivity index (χ2n) is 4.85. The number of rotatable bonds is 5. The van der Waals surface area contributed by atoms with Crippen molar-refractivity contribution < 1.29 is 4.74 Å². The molecule has 2 aromatic heterocycles. The van der Waals surface area contributed by atoms with Gasteiger partial charge in [0.05, 0.1) is 5.56 Å². The summed E-state index contributed by atoms with van der Waals surface area (Å²) in [6.07, 6.45) is 1.58. The molecule has 0 aliphatic heterocycles. The van der Waals surface area contributed by atoms with Crippen molar-refractivity contribution in [2.75, 3.05) is 11.9 Å². The first-order valence-corrected chi connectivity index (χ1v) is 6.67. The Hall–Kier alpha value is -2.18. The minimum Gasteiger partial charge on any atom is -0.404 e. The normalized spacial score (nSPS) is 10.9. The number of hydrogen-bond acceptors (Lipinski definition) is 6. The van der Waals surface area contributed by atoms with Crippen LogP contribution in [0.1, 0.15) is 38.1 Å². The van der Waals surface area contributed by atoms with E-state index in [2.05, 4.69) is 25.4 Å². The third-order valence-corrected chi connectivity index (χ3v) is 2.75. The highest BCUT2D eigenvalue weighted by molar-refractivity contribution is 5.49. The molecule has 0 aliphatic rings. The van der Waals surface area contributed by atoms with Crippen molar-refractivity contribution in [1.29, 1.82) is 0 Å². The number of anilines is 1. The van der Waals surface area contributed by atoms with E-state index in [9.17, 15) is 0 Å². The van der Waals surface area contributed by atoms with Crippen molar-refractivity contribution in [3.05, 3.63) is 17.7 Å². The van der Waals surface area contributed by atoms with Crippen molar-refractivity contribution in [3.63, 3.8) is 0 Å². The molecular weight excluding hydrogens is 256 g/mol. The standard InChI is InChI=1S/C13H20N6O/c1-6-14-11-9(4)12(17-10(16-11)8(2)3)20-13-15-7-19(5)18-13/h7-8H,6H2,1-5H3,(H,14,16,17). The lowest BCUT2D eigenvalue weighted by molar-refractivity contribution is 0.415. The van der Waals surface area contributed by atoms with Crippen LogP contribution in [-0.4, -0.2) is 31.3 Å². The van der Waals surface area contributed by atoms with Crippen LogP contribution in [0.2, 0.25) is 0 Å². The Balaban J connectivity index is 2.39. The third kappa shape index (κ3) is 3.04. The molecule has 108 valence electrons. The van der Waals surface area contributed by atoms with Crippen LogP contribution in [0.15, 0.2) is 6.33 Å². The van der Waals surface area contributed by atoms with Crippen LogP contribution in [0.25, 0.3) is 0 Å². The summed E-state index contributed by atoms with van der Waals surface area (Å²) in [4.78, 5) is 13.0. The van der Waals surface area contributed by atoms with Crippen molar-refractivity contribution in [2.24, 2.45) is 7.05 Å². The van der Waals surface area contributed by atoms with Crippen molar-refractivity contribution in [2.45, 2.75) is 33.6 Å². The van der Waals surface area contributed by atoms with E-state index in [1.807, 2.05) is 27.7 Å². The first-order chi connectivity index (χ1) is 9.51. The van der Waals surface area contributed by atoms with E-state index in [0.717, 1.165) is 23.8 Å². The highest BCUT2D eigenvalue weighted by Gasteiger charge is 2.15. The molecule has 7 heteroatoms. The van der Waals surface area contributed by atoms with Crippen LogP contribution < -0.4 is 10.1 Å². The van der Waals surface area contributed by atoms with E-state index in [4.69, 9.17) is 4.74 Å². The molecular formula is C13H20N6O. The van der Waals surface area contributed by atoms with Gasteiger partial charge in [0.2, 0.25) is 5.88 Å². The summed E-state index contributed by atoms with van der Waals surface area (Å²) in [5.41, 5.74) is 0.851. The summed E-state index contributed by atoms with van der Waals surface area (Å²) < 4.78 is 7.26. The Morgan fingerprint density at radius 3 is 2.65 bits per heavy atom. The molecule has 1 N–H and O–H groups in total. The Morgan fingerprint density at radius 2 is 2.10 bits per heavy atom. The molecule has 2 rings (SSSR count). The minimum atomic E-state index is 0.215. The second kappa shape index (κ2) is 5.85. The van der Waals surface area contributed by atoms with Crippen molar-refractivity contribution in [1.82, 2.24) is 24.7 Å². The summed E-state index contributed by atoms with van der Waals surface area (Å²) in [6, 6.07) is 0.284. The predicted octanol–water partition coefficient (Wildman–Crippen LogP) is 2.26. The predicted molar refractivity (Wildman–Crippen MR) is 76.1 cm³/mol. The highest BCUT2D eigenvalue weighted by atomic mass is 16.5. The molecule has 0 unspecified atom stereocenters. The largest absolute Gasteiger partial charge is 0.404 e. The maximum atomic E-state index is 5.67. The quantitative estimate of drug-likeness (QED) is 0.902. The Morgan fingerprint density at radius 1 is 1.35 bits per heavy atom. The summed E-state index contributed by atoms with van der Waals surface area (Å²) in [5, 5.41) is 7.33. The van der Waals surface area contributed by atoms with Gasteiger partial charge in [0.15, 0.2) is 0 Å². The smallest absolute Gasteiger partial charge is 0.342 e. The molecule has 0 radical (unpaired) electrons. The van der Waals surface area contributed by atoms with Crippen LogP contribution in [0.5, 0.6) is 11.9 Å². The molecule has 0 aromatic carbocycles. The first-order valence-electron chi connectivity index (χ1n) is 6.67. The maximum absolute atomic E-state index is 5.67. The second-order valence-corrected chi connectivity index (χ2v) is 4.85. The Kier molecular flexibility index (Phi) is 4.16. The number of ether oxygens (including phenoxy) is 1. The zero-order valence-electron chi connectivity index (χ0n) is 12.5. The Labute approximate surface area is 118 Å². The number of nitrogens with zero attached hydrogens (tertiary/aromatic N) is 5. The molecule has 20 heavy (non-hydrogen) atoms. The van der Waals surface area contributed by atoms with Gasteiger partial charge in [-0.2, -0.15) is 9.97 Å². The molecule has 0 atom stereocenters. The van der Waals surface area contributed by atoms with E-state index in [-0.39, 0.29) is 11.9 Å². The lowest BCUT2D eigenvalue weighted by Crippen LogP contribution is -2.09. The van der Waals surface area contributed by atoms with Gasteiger partial charge in [-0.15, -0.1) is 5.10 Å². The van der Waals surface area contributed by atoms with Gasteiger partial charge in [-0.05, 0) is 13.8 Å². The van der Waals surface area contributed by atoms with Gasteiger partial charge < -0.3 is 10.1 Å². The van der Waals surface area contributed by atoms with Gasteiger partial charge in [-0.3, -0.25) is 4.68 Å². The Bertz CT molecular complexity index is 593. The van der Waals surface area contributed by atoms with Gasteiger partial charge in [-0.1, -0.05) is 13.8 Å². The van der Waals surface area contributed by atoms with Gasteiger partial charge in [-0.25, -0.2) is 4.98 Å². The molecule has 0 saturated heterocycles. The average molecular weight is 276 g/mol. The van der Waals surface area contributed by atoms with Crippen LogP contribution >= 0.6 is 0 Å². The number of aromatic nitrogens is 5. The first kappa shape index (κ1) is 14.2. The molecule has 0 aliphatic carbocycles. The van der Waals surface area contributed by atoms with E-state index in [0.29, 0.717) is 5.88 Å². The van der Waals surface area contributed by atoms with E-state index in [1.54, 1.807) is 18.1 Å². The molecule has 2 aromatic rings. The molecule has 0 spiro atoms. The van der Waals surface area contributed by atoms with Crippen LogP contribution in [0, 0.1) is 6.92 Å². The highest BCUT2D eigenvalue weighted by Crippen LogP contribution is 2.27. The molecule has 2 heterocycles. The maximum Gasteiger partial charge on any atom is 0.342 e. The van der Waals surface area contributed by atoms with Gasteiger partial charge in [0.1, 0.15) is 18.0 Å². The van der Waals surface area contributed by atoms with Crippen molar-refractivity contribution in [3.8, 4) is 11.9 Å². The van der Waals surface area contributed by atoms with E-state index >= 15 is 0 Å². The van der Waals surface area contributed by atoms with Gasteiger partial charge in [0, 0.05) is 19.5 Å². The minimum absolute atomic E-state index is 0.215. The zero-order valence-corrected chi connectivity index (χ0v) is 12.5. The fourth-order valence-corrected chi connectivity index (χ4v) is 1.66. The molecule has 7 nitrogen and oxygen atoms in total. The van der Waals surface area contributed by atoms with Gasteiger partial charge in [0.25, 0.3) is 0 Å². The monoisotopic (exact) mass is 276 g/mol. The summed E-state index contributed by atoms with van der Waals surface area (Å²) in [6.45, 7) is 8.82. The molecule has 0 amide bonds. The number of nitrogens with one attached hydrogen (secondary N) is 1. The fraction of sp³-hybridized carbons (Fsp3) is 0.538. The average Bonchev–Trinajstić information content (AvgIpc) is 2.79. The summed E-state index contributed by atoms with van der Waals surface area (Å²) in [7, 11) is 1.79. The third-order valence-electron chi connectivity index (χ3n) is 2.75. The van der Waals surface area contributed by atoms with E-state index in [1.165, 1.54) is 0 Å². The van der Waals surface area contributed by atoms with Crippen LogP contribution in [0.4, 0.5) is 5.82 Å². The topological polar surface area (TPSA) is 77.8 Å².